The van der Waals surface area contributed by atoms with Crippen molar-refractivity contribution in [2.24, 2.45) is 11.3 Å². The Bertz CT molecular complexity index is 620. The van der Waals surface area contributed by atoms with Crippen LogP contribution >= 0.6 is 0 Å². The summed E-state index contributed by atoms with van der Waals surface area (Å²) in [6.07, 6.45) is 7.67. The molecule has 0 aromatic carbocycles. The normalized spacial score (nSPS) is 25.2. The van der Waals surface area contributed by atoms with Gasteiger partial charge in [-0.2, -0.15) is 0 Å². The van der Waals surface area contributed by atoms with Gasteiger partial charge in [0, 0.05) is 32.6 Å². The van der Waals surface area contributed by atoms with E-state index in [1.807, 2.05) is 9.80 Å². The van der Waals surface area contributed by atoms with Crippen LogP contribution in [0.1, 0.15) is 42.6 Å². The van der Waals surface area contributed by atoms with Gasteiger partial charge in [-0.05, 0) is 30.6 Å². The molecule has 4 rings (SSSR count). The lowest BCUT2D eigenvalue weighted by Crippen LogP contribution is -2.42. The summed E-state index contributed by atoms with van der Waals surface area (Å²) in [5.41, 5.74) is 0.588. The summed E-state index contributed by atoms with van der Waals surface area (Å²) in [6.45, 7) is 4.19. The standard InChI is InChI=1S/C18H25N3O4/c22-16(20-6-8-24-9-7-20)3-2-14-10-21(12-18(14)4-1-5-18)17(23)15-11-25-13-19-15/h11,13-14H,1-10,12H2. The molecule has 25 heavy (non-hydrogen) atoms. The largest absolute Gasteiger partial charge is 0.451 e. The number of aromatic nitrogens is 1. The van der Waals surface area contributed by atoms with Crippen molar-refractivity contribution in [2.75, 3.05) is 39.4 Å². The molecule has 3 heterocycles. The third-order valence-corrected chi connectivity index (χ3v) is 6.17. The molecule has 3 aliphatic rings. The first-order chi connectivity index (χ1) is 12.2. The van der Waals surface area contributed by atoms with Crippen LogP contribution in [-0.2, 0) is 9.53 Å². The van der Waals surface area contributed by atoms with Crippen molar-refractivity contribution in [3.8, 4) is 0 Å². The minimum absolute atomic E-state index is 0.0537. The molecule has 2 amide bonds. The average Bonchev–Trinajstić information content (AvgIpc) is 3.27. The molecule has 7 heteroatoms. The van der Waals surface area contributed by atoms with E-state index in [9.17, 15) is 9.59 Å². The number of oxazole rings is 1. The lowest BCUT2D eigenvalue weighted by atomic mass is 9.62. The number of carbonyl (C=O) groups excluding carboxylic acids is 2. The number of amides is 2. The van der Waals surface area contributed by atoms with Gasteiger partial charge in [-0.1, -0.05) is 6.42 Å². The Morgan fingerprint density at radius 2 is 2.04 bits per heavy atom. The molecule has 7 nitrogen and oxygen atoms in total. The summed E-state index contributed by atoms with van der Waals surface area (Å²) in [5.74, 6) is 0.572. The molecule has 2 aliphatic heterocycles. The van der Waals surface area contributed by atoms with Gasteiger partial charge < -0.3 is 19.0 Å². The van der Waals surface area contributed by atoms with Gasteiger partial charge in [0.15, 0.2) is 12.1 Å². The predicted molar refractivity (Wildman–Crippen MR) is 88.8 cm³/mol. The van der Waals surface area contributed by atoms with E-state index >= 15 is 0 Å². The Kier molecular flexibility index (Phi) is 4.50. The van der Waals surface area contributed by atoms with Crippen LogP contribution in [0.3, 0.4) is 0 Å². The van der Waals surface area contributed by atoms with E-state index in [1.54, 1.807) is 0 Å². The Morgan fingerprint density at radius 3 is 2.68 bits per heavy atom. The summed E-state index contributed by atoms with van der Waals surface area (Å²) < 4.78 is 10.3. The molecule has 1 aromatic heterocycles. The fraction of sp³-hybridized carbons (Fsp3) is 0.722. The number of rotatable bonds is 4. The molecular formula is C18H25N3O4. The number of carbonyl (C=O) groups is 2. The van der Waals surface area contributed by atoms with Crippen LogP contribution < -0.4 is 0 Å². The Labute approximate surface area is 147 Å². The van der Waals surface area contributed by atoms with E-state index < -0.39 is 0 Å². The SMILES string of the molecule is O=C(CCC1CN(C(=O)c2cocn2)CC12CCC2)N1CCOCC1. The van der Waals surface area contributed by atoms with Crippen LogP contribution in [-0.4, -0.2) is 66.0 Å². The van der Waals surface area contributed by atoms with E-state index in [2.05, 4.69) is 4.98 Å². The van der Waals surface area contributed by atoms with E-state index in [-0.39, 0.29) is 17.2 Å². The number of hydrogen-bond donors (Lipinski definition) is 0. The van der Waals surface area contributed by atoms with Crippen molar-refractivity contribution in [1.82, 2.24) is 14.8 Å². The van der Waals surface area contributed by atoms with Crippen LogP contribution in [0, 0.1) is 11.3 Å². The van der Waals surface area contributed by atoms with Crippen LogP contribution in [0.4, 0.5) is 0 Å². The molecule has 0 N–H and O–H groups in total. The molecule has 136 valence electrons. The van der Waals surface area contributed by atoms with Crippen molar-refractivity contribution >= 4 is 11.8 Å². The third kappa shape index (κ3) is 3.17. The van der Waals surface area contributed by atoms with Crippen LogP contribution in [0.15, 0.2) is 17.1 Å². The molecule has 1 atom stereocenters. The first-order valence-corrected chi connectivity index (χ1v) is 9.21. The lowest BCUT2D eigenvalue weighted by molar-refractivity contribution is -0.135. The molecule has 1 unspecified atom stereocenters. The topological polar surface area (TPSA) is 75.9 Å². The second-order valence-corrected chi connectivity index (χ2v) is 7.50. The second-order valence-electron chi connectivity index (χ2n) is 7.50. The van der Waals surface area contributed by atoms with Crippen molar-refractivity contribution in [3.63, 3.8) is 0 Å². The van der Waals surface area contributed by atoms with Crippen molar-refractivity contribution in [2.45, 2.75) is 32.1 Å². The fourth-order valence-electron chi connectivity index (χ4n) is 4.53. The first kappa shape index (κ1) is 16.6. The Hall–Kier alpha value is -1.89. The summed E-state index contributed by atoms with van der Waals surface area (Å²) in [5, 5.41) is 0. The predicted octanol–water partition coefficient (Wildman–Crippen LogP) is 1.56. The van der Waals surface area contributed by atoms with Crippen molar-refractivity contribution in [1.29, 1.82) is 0 Å². The fourth-order valence-corrected chi connectivity index (χ4v) is 4.53. The number of morpholine rings is 1. The zero-order chi connectivity index (χ0) is 17.3. The number of nitrogens with zero attached hydrogens (tertiary/aromatic N) is 3. The molecule has 3 fully saturated rings. The molecule has 1 aliphatic carbocycles. The van der Waals surface area contributed by atoms with Gasteiger partial charge in [-0.15, -0.1) is 0 Å². The van der Waals surface area contributed by atoms with Gasteiger partial charge >= 0.3 is 0 Å². The Morgan fingerprint density at radius 1 is 1.24 bits per heavy atom. The summed E-state index contributed by atoms with van der Waals surface area (Å²) in [7, 11) is 0. The van der Waals surface area contributed by atoms with Crippen LogP contribution in [0.2, 0.25) is 0 Å². The minimum Gasteiger partial charge on any atom is -0.451 e. The van der Waals surface area contributed by atoms with Gasteiger partial charge in [0.05, 0.1) is 13.2 Å². The number of likely N-dealkylation sites (tertiary alicyclic amines) is 1. The maximum Gasteiger partial charge on any atom is 0.275 e. The summed E-state index contributed by atoms with van der Waals surface area (Å²) in [4.78, 5) is 32.8. The van der Waals surface area contributed by atoms with Gasteiger partial charge in [0.25, 0.3) is 5.91 Å². The third-order valence-electron chi connectivity index (χ3n) is 6.17. The highest BCUT2D eigenvalue weighted by molar-refractivity contribution is 5.92. The highest BCUT2D eigenvalue weighted by atomic mass is 16.5. The molecule has 0 bridgehead atoms. The minimum atomic E-state index is -0.0537. The molecule has 1 aromatic rings. The quantitative estimate of drug-likeness (QED) is 0.826. The van der Waals surface area contributed by atoms with Crippen molar-refractivity contribution < 1.29 is 18.7 Å². The zero-order valence-electron chi connectivity index (χ0n) is 14.5. The average molecular weight is 347 g/mol. The highest BCUT2D eigenvalue weighted by Crippen LogP contribution is 2.53. The summed E-state index contributed by atoms with van der Waals surface area (Å²) >= 11 is 0. The molecule has 0 radical (unpaired) electrons. The van der Waals surface area contributed by atoms with Crippen molar-refractivity contribution in [3.05, 3.63) is 18.4 Å². The van der Waals surface area contributed by atoms with Crippen LogP contribution in [0.5, 0.6) is 0 Å². The van der Waals surface area contributed by atoms with Crippen LogP contribution in [0.25, 0.3) is 0 Å². The maximum atomic E-state index is 12.6. The van der Waals surface area contributed by atoms with E-state index in [4.69, 9.17) is 9.15 Å². The highest BCUT2D eigenvalue weighted by Gasteiger charge is 2.51. The smallest absolute Gasteiger partial charge is 0.275 e. The van der Waals surface area contributed by atoms with Gasteiger partial charge in [0.1, 0.15) is 6.26 Å². The number of hydrogen-bond acceptors (Lipinski definition) is 5. The van der Waals surface area contributed by atoms with Gasteiger partial charge in [-0.25, -0.2) is 4.98 Å². The lowest BCUT2D eigenvalue weighted by Gasteiger charge is -2.43. The monoisotopic (exact) mass is 347 g/mol. The van der Waals surface area contributed by atoms with E-state index in [0.717, 1.165) is 32.4 Å². The molecular weight excluding hydrogens is 322 g/mol. The van der Waals surface area contributed by atoms with Gasteiger partial charge in [-0.3, -0.25) is 9.59 Å². The molecule has 2 saturated heterocycles. The molecule has 1 spiro atoms. The zero-order valence-corrected chi connectivity index (χ0v) is 14.5. The second kappa shape index (κ2) is 6.78. The van der Waals surface area contributed by atoms with E-state index in [1.165, 1.54) is 19.1 Å². The number of ether oxygens (including phenoxy) is 1. The molecule has 1 saturated carbocycles. The first-order valence-electron chi connectivity index (χ1n) is 9.21. The van der Waals surface area contributed by atoms with E-state index in [0.29, 0.717) is 44.3 Å². The Balaban J connectivity index is 1.37. The summed E-state index contributed by atoms with van der Waals surface area (Å²) in [6, 6.07) is 0. The maximum absolute atomic E-state index is 12.6. The van der Waals surface area contributed by atoms with Gasteiger partial charge in [0.2, 0.25) is 5.91 Å².